The maximum absolute atomic E-state index is 5.97. The lowest BCUT2D eigenvalue weighted by molar-refractivity contribution is 0.380. The van der Waals surface area contributed by atoms with Gasteiger partial charge in [-0.2, -0.15) is 0 Å². The Hall–Kier alpha value is -2.38. The highest BCUT2D eigenvalue weighted by Gasteiger charge is 2.46. The van der Waals surface area contributed by atoms with Crippen LogP contribution in [0.3, 0.4) is 0 Å². The molecule has 1 nitrogen and oxygen atoms in total. The van der Waals surface area contributed by atoms with Gasteiger partial charge in [-0.25, -0.2) is 0 Å². The van der Waals surface area contributed by atoms with E-state index in [1.807, 2.05) is 0 Å². The van der Waals surface area contributed by atoms with Crippen LogP contribution in [-0.4, -0.2) is 0 Å². The molecular formula is C20H12O. The van der Waals surface area contributed by atoms with Crippen LogP contribution in [0.4, 0.5) is 0 Å². The summed E-state index contributed by atoms with van der Waals surface area (Å²) in [4.78, 5) is 0. The third-order valence-corrected chi connectivity index (χ3v) is 5.06. The third kappa shape index (κ3) is 1.10. The fourth-order valence-electron chi connectivity index (χ4n) is 4.16. The minimum atomic E-state index is 0.271. The highest BCUT2D eigenvalue weighted by atomic mass is 16.6. The second kappa shape index (κ2) is 3.26. The van der Waals surface area contributed by atoms with Crippen LogP contribution in [0.5, 0.6) is 0 Å². The Labute approximate surface area is 121 Å². The molecule has 2 aliphatic rings. The van der Waals surface area contributed by atoms with Crippen molar-refractivity contribution in [3.63, 3.8) is 0 Å². The first-order chi connectivity index (χ1) is 10.4. The molecular weight excluding hydrogens is 256 g/mol. The monoisotopic (exact) mass is 268 g/mol. The molecule has 1 saturated heterocycles. The van der Waals surface area contributed by atoms with Gasteiger partial charge in [-0.3, -0.25) is 0 Å². The van der Waals surface area contributed by atoms with Gasteiger partial charge in [0.15, 0.2) is 0 Å². The molecule has 0 N–H and O–H groups in total. The molecule has 21 heavy (non-hydrogen) atoms. The van der Waals surface area contributed by atoms with Gasteiger partial charge in [-0.15, -0.1) is 0 Å². The second-order valence-corrected chi connectivity index (χ2v) is 6.06. The lowest BCUT2D eigenvalue weighted by atomic mass is 9.83. The van der Waals surface area contributed by atoms with Crippen LogP contribution < -0.4 is 0 Å². The lowest BCUT2D eigenvalue weighted by Gasteiger charge is -2.18. The number of hydrogen-bond acceptors (Lipinski definition) is 1. The second-order valence-electron chi connectivity index (χ2n) is 6.06. The summed E-state index contributed by atoms with van der Waals surface area (Å²) in [5, 5.41) is 8.21. The van der Waals surface area contributed by atoms with Crippen LogP contribution in [0.2, 0.25) is 0 Å². The topological polar surface area (TPSA) is 12.5 Å². The summed E-state index contributed by atoms with van der Waals surface area (Å²) in [5.74, 6) is 0. The van der Waals surface area contributed by atoms with Gasteiger partial charge in [-0.1, -0.05) is 60.7 Å². The van der Waals surface area contributed by atoms with Crippen LogP contribution in [0.1, 0.15) is 23.3 Å². The molecule has 4 aromatic rings. The van der Waals surface area contributed by atoms with Gasteiger partial charge < -0.3 is 4.74 Å². The molecule has 2 unspecified atom stereocenters. The molecule has 0 spiro atoms. The van der Waals surface area contributed by atoms with E-state index in [1.165, 1.54) is 43.4 Å². The Morgan fingerprint density at radius 2 is 1.00 bits per heavy atom. The molecule has 1 aliphatic carbocycles. The van der Waals surface area contributed by atoms with E-state index in [0.717, 1.165) is 0 Å². The zero-order valence-electron chi connectivity index (χ0n) is 11.3. The number of benzene rings is 4. The predicted octanol–water partition coefficient (Wildman–Crippen LogP) is 5.27. The van der Waals surface area contributed by atoms with E-state index in [-0.39, 0.29) is 12.2 Å². The Kier molecular flexibility index (Phi) is 1.61. The zero-order chi connectivity index (χ0) is 13.6. The van der Waals surface area contributed by atoms with Gasteiger partial charge in [-0.05, 0) is 43.4 Å². The number of fused-ring (bicyclic) bond motifs is 6. The van der Waals surface area contributed by atoms with Crippen molar-refractivity contribution in [2.45, 2.75) is 12.2 Å². The van der Waals surface area contributed by atoms with Crippen LogP contribution in [0.25, 0.3) is 32.3 Å². The van der Waals surface area contributed by atoms with Crippen molar-refractivity contribution in [3.8, 4) is 0 Å². The van der Waals surface area contributed by atoms with E-state index in [2.05, 4.69) is 60.7 Å². The molecule has 1 aliphatic heterocycles. The van der Waals surface area contributed by atoms with Crippen LogP contribution in [0, 0.1) is 0 Å². The van der Waals surface area contributed by atoms with Crippen LogP contribution in [0.15, 0.2) is 60.7 Å². The Bertz CT molecular complexity index is 991. The number of epoxide rings is 1. The van der Waals surface area contributed by atoms with Crippen molar-refractivity contribution < 1.29 is 4.74 Å². The van der Waals surface area contributed by atoms with Crippen molar-refractivity contribution in [1.29, 1.82) is 0 Å². The Morgan fingerprint density at radius 1 is 0.524 bits per heavy atom. The summed E-state index contributed by atoms with van der Waals surface area (Å²) < 4.78 is 5.97. The first-order valence-electron chi connectivity index (χ1n) is 7.45. The van der Waals surface area contributed by atoms with E-state index in [0.29, 0.717) is 0 Å². The summed E-state index contributed by atoms with van der Waals surface area (Å²) >= 11 is 0. The molecule has 4 aromatic carbocycles. The van der Waals surface area contributed by atoms with Gasteiger partial charge in [0.05, 0.1) is 0 Å². The molecule has 1 fully saturated rings. The van der Waals surface area contributed by atoms with Gasteiger partial charge >= 0.3 is 0 Å². The predicted molar refractivity (Wildman–Crippen MR) is 85.5 cm³/mol. The lowest BCUT2D eigenvalue weighted by Crippen LogP contribution is -1.97. The molecule has 2 atom stereocenters. The maximum Gasteiger partial charge on any atom is 0.114 e. The fraction of sp³-hybridized carbons (Fsp3) is 0.100. The fourth-order valence-corrected chi connectivity index (χ4v) is 4.16. The summed E-state index contributed by atoms with van der Waals surface area (Å²) in [7, 11) is 0. The van der Waals surface area contributed by atoms with Crippen molar-refractivity contribution >= 4 is 32.3 Å². The molecule has 1 heteroatoms. The van der Waals surface area contributed by atoms with Crippen molar-refractivity contribution in [3.05, 3.63) is 71.8 Å². The summed E-state index contributed by atoms with van der Waals surface area (Å²) in [6.07, 6.45) is 0.543. The summed E-state index contributed by atoms with van der Waals surface area (Å²) in [6.45, 7) is 0. The van der Waals surface area contributed by atoms with Gasteiger partial charge in [0.2, 0.25) is 0 Å². The number of rotatable bonds is 0. The molecule has 98 valence electrons. The molecule has 0 aromatic heterocycles. The quantitative estimate of drug-likeness (QED) is 0.312. The molecule has 0 radical (unpaired) electrons. The summed E-state index contributed by atoms with van der Waals surface area (Å²) in [6, 6.07) is 22.0. The van der Waals surface area contributed by atoms with Crippen LogP contribution in [-0.2, 0) is 4.74 Å². The normalized spacial score (nSPS) is 22.1. The van der Waals surface area contributed by atoms with Crippen molar-refractivity contribution in [2.24, 2.45) is 0 Å². The number of hydrogen-bond donors (Lipinski definition) is 0. The maximum atomic E-state index is 5.97. The van der Waals surface area contributed by atoms with Crippen LogP contribution >= 0.6 is 0 Å². The van der Waals surface area contributed by atoms with E-state index < -0.39 is 0 Å². The summed E-state index contributed by atoms with van der Waals surface area (Å²) in [5.41, 5.74) is 2.74. The van der Waals surface area contributed by atoms with E-state index in [1.54, 1.807) is 0 Å². The van der Waals surface area contributed by atoms with Gasteiger partial charge in [0.1, 0.15) is 12.2 Å². The number of ether oxygens (including phenoxy) is 1. The minimum absolute atomic E-state index is 0.271. The molecule has 6 rings (SSSR count). The van der Waals surface area contributed by atoms with Crippen molar-refractivity contribution in [1.82, 2.24) is 0 Å². The van der Waals surface area contributed by atoms with Crippen molar-refractivity contribution in [2.75, 3.05) is 0 Å². The van der Waals surface area contributed by atoms with E-state index in [4.69, 9.17) is 4.74 Å². The molecule has 0 amide bonds. The van der Waals surface area contributed by atoms with E-state index >= 15 is 0 Å². The average molecular weight is 268 g/mol. The largest absolute Gasteiger partial charge is 0.359 e. The first kappa shape index (κ1) is 10.4. The van der Waals surface area contributed by atoms with E-state index in [9.17, 15) is 0 Å². The van der Waals surface area contributed by atoms with Gasteiger partial charge in [0, 0.05) is 0 Å². The smallest absolute Gasteiger partial charge is 0.114 e. The minimum Gasteiger partial charge on any atom is -0.359 e. The SMILES string of the molecule is c1ccc2c(c1)c1cccc3c1c1c(cccc21)C1OC31. The standard InChI is InChI=1S/C20H12O/c1-2-6-12-11(5-1)13-7-3-9-15-17(13)18-14(12)8-4-10-16(18)20-19(15)21-20/h1-10,19-20H. The molecule has 0 saturated carbocycles. The zero-order valence-corrected chi connectivity index (χ0v) is 11.3. The molecule has 1 heterocycles. The first-order valence-corrected chi connectivity index (χ1v) is 7.45. The highest BCUT2D eigenvalue weighted by Crippen LogP contribution is 2.59. The Balaban J connectivity index is 2.07. The third-order valence-electron chi connectivity index (χ3n) is 5.06. The Morgan fingerprint density at radius 3 is 1.52 bits per heavy atom. The highest BCUT2D eigenvalue weighted by molar-refractivity contribution is 6.27. The average Bonchev–Trinajstić information content (AvgIpc) is 3.35. The van der Waals surface area contributed by atoms with Gasteiger partial charge in [0.25, 0.3) is 0 Å². The molecule has 0 bridgehead atoms.